The van der Waals surface area contributed by atoms with E-state index in [1.54, 1.807) is 6.92 Å². The Morgan fingerprint density at radius 3 is 2.76 bits per heavy atom. The number of ketones is 1. The van der Waals surface area contributed by atoms with Gasteiger partial charge in [0.15, 0.2) is 11.5 Å². The zero-order valence-electron chi connectivity index (χ0n) is 11.5. The number of anilines is 1. The molecule has 0 bridgehead atoms. The summed E-state index contributed by atoms with van der Waals surface area (Å²) in [5.74, 6) is 0.219. The average molecular weight is 293 g/mol. The van der Waals surface area contributed by atoms with Gasteiger partial charge in [0, 0.05) is 13.1 Å². The van der Waals surface area contributed by atoms with E-state index < -0.39 is 0 Å². The molecule has 0 atom stereocenters. The molecule has 2 aromatic heterocycles. The minimum atomic E-state index is -0.101. The van der Waals surface area contributed by atoms with Gasteiger partial charge >= 0.3 is 0 Å². The first-order valence-corrected chi connectivity index (χ1v) is 6.51. The molecule has 0 spiro atoms. The van der Waals surface area contributed by atoms with Gasteiger partial charge in [0.2, 0.25) is 11.6 Å². The summed E-state index contributed by atoms with van der Waals surface area (Å²) in [7, 11) is 0. The van der Waals surface area contributed by atoms with Crippen molar-refractivity contribution < 1.29 is 14.2 Å². The van der Waals surface area contributed by atoms with E-state index in [0.29, 0.717) is 24.6 Å². The minimum absolute atomic E-state index is 0.0928. The van der Waals surface area contributed by atoms with Gasteiger partial charge in [-0.25, -0.2) is 4.63 Å². The molecule has 1 saturated heterocycles. The Labute approximate surface area is 119 Å². The van der Waals surface area contributed by atoms with E-state index in [0.717, 1.165) is 13.1 Å². The van der Waals surface area contributed by atoms with Crippen molar-refractivity contribution in [3.63, 3.8) is 0 Å². The van der Waals surface area contributed by atoms with E-state index >= 15 is 0 Å². The van der Waals surface area contributed by atoms with Crippen LogP contribution in [0.15, 0.2) is 4.63 Å². The van der Waals surface area contributed by atoms with Crippen LogP contribution in [0, 0.1) is 6.92 Å². The molecule has 112 valence electrons. The summed E-state index contributed by atoms with van der Waals surface area (Å²) in [6.07, 6.45) is 0. The summed E-state index contributed by atoms with van der Waals surface area (Å²) in [5.41, 5.74) is 6.46. The lowest BCUT2D eigenvalue weighted by atomic mass is 10.2. The second-order valence-corrected chi connectivity index (χ2v) is 4.72. The molecule has 0 saturated carbocycles. The third-order valence-electron chi connectivity index (χ3n) is 3.33. The summed E-state index contributed by atoms with van der Waals surface area (Å²) in [4.78, 5) is 14.3. The van der Waals surface area contributed by atoms with Crippen LogP contribution in [0.5, 0.6) is 0 Å². The first-order valence-electron chi connectivity index (χ1n) is 6.51. The molecule has 0 radical (unpaired) electrons. The van der Waals surface area contributed by atoms with Crippen LogP contribution < -0.4 is 5.73 Å². The second-order valence-electron chi connectivity index (χ2n) is 4.72. The van der Waals surface area contributed by atoms with Gasteiger partial charge in [0.1, 0.15) is 0 Å². The van der Waals surface area contributed by atoms with Crippen LogP contribution in [0.2, 0.25) is 0 Å². The lowest BCUT2D eigenvalue weighted by Gasteiger charge is -2.25. The molecule has 10 heteroatoms. The number of carbonyl (C=O) groups is 1. The number of ether oxygens (including phenoxy) is 1. The Balaban J connectivity index is 1.78. The van der Waals surface area contributed by atoms with E-state index in [-0.39, 0.29) is 24.0 Å². The summed E-state index contributed by atoms with van der Waals surface area (Å²) in [6.45, 7) is 4.76. The van der Waals surface area contributed by atoms with Gasteiger partial charge in [-0.05, 0) is 17.2 Å². The van der Waals surface area contributed by atoms with Gasteiger partial charge in [0.05, 0.1) is 25.5 Å². The van der Waals surface area contributed by atoms with E-state index in [2.05, 4.69) is 25.3 Å². The Hall–Kier alpha value is -2.33. The van der Waals surface area contributed by atoms with Gasteiger partial charge in [-0.1, -0.05) is 5.21 Å². The van der Waals surface area contributed by atoms with Crippen LogP contribution in [-0.2, 0) is 4.74 Å². The molecule has 2 N–H and O–H groups in total. The number of aromatic nitrogens is 5. The summed E-state index contributed by atoms with van der Waals surface area (Å²) >= 11 is 0. The predicted molar refractivity (Wildman–Crippen MR) is 70.0 cm³/mol. The van der Waals surface area contributed by atoms with Gasteiger partial charge in [-0.15, -0.1) is 5.10 Å². The Bertz CT molecular complexity index is 644. The van der Waals surface area contributed by atoms with Crippen LogP contribution in [0.4, 0.5) is 5.82 Å². The summed E-state index contributed by atoms with van der Waals surface area (Å²) < 4.78 is 11.1. The van der Waals surface area contributed by atoms with E-state index in [9.17, 15) is 4.79 Å². The van der Waals surface area contributed by atoms with Crippen molar-refractivity contribution in [2.45, 2.75) is 6.92 Å². The van der Waals surface area contributed by atoms with Crippen molar-refractivity contribution in [1.29, 1.82) is 0 Å². The van der Waals surface area contributed by atoms with Crippen molar-refractivity contribution >= 4 is 11.6 Å². The largest absolute Gasteiger partial charge is 0.379 e. The molecule has 21 heavy (non-hydrogen) atoms. The molecule has 2 aromatic rings. The lowest BCUT2D eigenvalue weighted by molar-refractivity contribution is 0.0370. The Kier molecular flexibility index (Phi) is 3.62. The normalized spacial score (nSPS) is 16.2. The molecule has 1 aliphatic heterocycles. The Morgan fingerprint density at radius 2 is 2.10 bits per heavy atom. The van der Waals surface area contributed by atoms with Crippen molar-refractivity contribution in [3.05, 3.63) is 11.4 Å². The highest BCUT2D eigenvalue weighted by atomic mass is 16.6. The van der Waals surface area contributed by atoms with Crippen molar-refractivity contribution in [1.82, 2.24) is 30.2 Å². The number of nitrogen functional groups attached to an aromatic ring is 1. The molecule has 1 fully saturated rings. The van der Waals surface area contributed by atoms with Gasteiger partial charge in [0.25, 0.3) is 0 Å². The second kappa shape index (κ2) is 5.58. The number of nitrogens with two attached hydrogens (primary N) is 1. The summed E-state index contributed by atoms with van der Waals surface area (Å²) in [5, 5.41) is 14.9. The fraction of sp³-hybridized carbons (Fsp3) is 0.545. The quantitative estimate of drug-likeness (QED) is 0.710. The third-order valence-corrected chi connectivity index (χ3v) is 3.33. The highest BCUT2D eigenvalue weighted by molar-refractivity contribution is 5.96. The van der Waals surface area contributed by atoms with Crippen LogP contribution in [-0.4, -0.2) is 68.8 Å². The first kappa shape index (κ1) is 13.6. The number of nitrogens with zero attached hydrogens (tertiary/aromatic N) is 6. The van der Waals surface area contributed by atoms with Gasteiger partial charge in [-0.3, -0.25) is 9.69 Å². The molecule has 1 aliphatic rings. The topological polar surface area (TPSA) is 125 Å². The SMILES string of the molecule is Cc1c(C(=O)CN2CCOCC2)nnn1-c1nonc1N. The maximum Gasteiger partial charge on any atom is 0.243 e. The number of rotatable bonds is 4. The van der Waals surface area contributed by atoms with Crippen LogP contribution in [0.25, 0.3) is 5.82 Å². The molecule has 10 nitrogen and oxygen atoms in total. The zero-order valence-corrected chi connectivity index (χ0v) is 11.5. The fourth-order valence-corrected chi connectivity index (χ4v) is 2.16. The van der Waals surface area contributed by atoms with E-state index in [1.807, 2.05) is 4.90 Å². The average Bonchev–Trinajstić information content (AvgIpc) is 3.05. The number of morpholine rings is 1. The minimum Gasteiger partial charge on any atom is -0.379 e. The van der Waals surface area contributed by atoms with Crippen LogP contribution in [0.3, 0.4) is 0 Å². The molecular formula is C11H15N7O3. The number of hydrogen-bond donors (Lipinski definition) is 1. The van der Waals surface area contributed by atoms with Gasteiger partial charge in [-0.2, -0.15) is 4.68 Å². The molecular weight excluding hydrogens is 278 g/mol. The fourth-order valence-electron chi connectivity index (χ4n) is 2.16. The Morgan fingerprint density at radius 1 is 1.33 bits per heavy atom. The predicted octanol–water partition coefficient (Wildman–Crippen LogP) is -0.944. The smallest absolute Gasteiger partial charge is 0.243 e. The monoisotopic (exact) mass is 293 g/mol. The van der Waals surface area contributed by atoms with Gasteiger partial charge < -0.3 is 10.5 Å². The molecule has 0 unspecified atom stereocenters. The van der Waals surface area contributed by atoms with Crippen LogP contribution >= 0.6 is 0 Å². The van der Waals surface area contributed by atoms with E-state index in [1.165, 1.54) is 4.68 Å². The van der Waals surface area contributed by atoms with Crippen molar-refractivity contribution in [3.8, 4) is 5.82 Å². The summed E-state index contributed by atoms with van der Waals surface area (Å²) in [6, 6.07) is 0. The number of Topliss-reactive ketones (excluding diaryl/α,β-unsaturated/α-hetero) is 1. The maximum atomic E-state index is 12.3. The van der Waals surface area contributed by atoms with E-state index in [4.69, 9.17) is 10.5 Å². The van der Waals surface area contributed by atoms with Crippen molar-refractivity contribution in [2.24, 2.45) is 0 Å². The highest BCUT2D eigenvalue weighted by Crippen LogP contribution is 2.15. The number of hydrogen-bond acceptors (Lipinski definition) is 9. The maximum absolute atomic E-state index is 12.3. The zero-order chi connectivity index (χ0) is 14.8. The molecule has 0 aromatic carbocycles. The highest BCUT2D eigenvalue weighted by Gasteiger charge is 2.23. The lowest BCUT2D eigenvalue weighted by Crippen LogP contribution is -2.39. The molecule has 0 aliphatic carbocycles. The standard InChI is InChI=1S/C11H15N7O3/c1-7-9(8(19)6-17-2-4-20-5-3-17)13-16-18(7)11-10(12)14-21-15-11/h2-6H2,1H3,(H2,12,14). The molecule has 0 amide bonds. The van der Waals surface area contributed by atoms with Crippen LogP contribution in [0.1, 0.15) is 16.2 Å². The molecule has 3 heterocycles. The third kappa shape index (κ3) is 2.62. The van der Waals surface area contributed by atoms with Crippen molar-refractivity contribution in [2.75, 3.05) is 38.6 Å². The molecule has 3 rings (SSSR count). The number of carbonyl (C=O) groups excluding carboxylic acids is 1. The first-order chi connectivity index (χ1) is 10.2.